The summed E-state index contributed by atoms with van der Waals surface area (Å²) >= 11 is 0. The van der Waals surface area contributed by atoms with Gasteiger partial charge in [0.2, 0.25) is 5.91 Å². The monoisotopic (exact) mass is 440 g/mol. The third kappa shape index (κ3) is 23.4. The van der Waals surface area contributed by atoms with Crippen molar-refractivity contribution in [3.8, 4) is 0 Å². The molecule has 30 heavy (non-hydrogen) atoms. The smallest absolute Gasteiger partial charge is 0.222 e. The summed E-state index contributed by atoms with van der Waals surface area (Å²) < 4.78 is 31.6. The molecular weight excluding hydrogens is 400 g/mol. The number of carbonyl (C=O) groups is 1. The van der Waals surface area contributed by atoms with Crippen molar-refractivity contribution in [3.05, 3.63) is 0 Å². The van der Waals surface area contributed by atoms with E-state index in [1.807, 2.05) is 0 Å². The average molecular weight is 441 g/mol. The fourth-order valence-electron chi connectivity index (χ4n) is 2.00. The van der Waals surface area contributed by atoms with Crippen LogP contribution in [0.4, 0.5) is 0 Å². The Bertz CT molecular complexity index is 365. The average Bonchev–Trinajstić information content (AvgIpc) is 2.75. The molecule has 1 atom stereocenters. The summed E-state index contributed by atoms with van der Waals surface area (Å²) in [6, 6.07) is 0. The van der Waals surface area contributed by atoms with E-state index < -0.39 is 6.10 Å². The summed E-state index contributed by atoms with van der Waals surface area (Å²) in [4.78, 5) is 11.6. The minimum Gasteiger partial charge on any atom is -0.394 e. The first-order chi connectivity index (χ1) is 14.7. The molecule has 0 aliphatic carbocycles. The van der Waals surface area contributed by atoms with E-state index in [0.29, 0.717) is 92.3 Å². The second-order valence-corrected chi connectivity index (χ2v) is 6.20. The van der Waals surface area contributed by atoms with Crippen molar-refractivity contribution in [1.29, 1.82) is 0 Å². The minimum atomic E-state index is -0.779. The second kappa shape index (κ2) is 24.4. The van der Waals surface area contributed by atoms with Gasteiger partial charge < -0.3 is 49.3 Å². The third-order valence-corrected chi connectivity index (χ3v) is 3.61. The van der Waals surface area contributed by atoms with Crippen LogP contribution in [0, 0.1) is 0 Å². The molecule has 11 heteroatoms. The van der Waals surface area contributed by atoms with Crippen LogP contribution in [0.2, 0.25) is 0 Å². The first-order valence-corrected chi connectivity index (χ1v) is 10.3. The van der Waals surface area contributed by atoms with Crippen molar-refractivity contribution in [2.75, 3.05) is 106 Å². The van der Waals surface area contributed by atoms with Gasteiger partial charge in [0.25, 0.3) is 0 Å². The maximum absolute atomic E-state index is 11.6. The maximum atomic E-state index is 11.6. The lowest BCUT2D eigenvalue weighted by Gasteiger charge is -2.10. The summed E-state index contributed by atoms with van der Waals surface area (Å²) in [6.45, 7) is 6.38. The van der Waals surface area contributed by atoms with E-state index in [9.17, 15) is 4.79 Å². The summed E-state index contributed by atoms with van der Waals surface area (Å²) in [5, 5.41) is 23.4. The van der Waals surface area contributed by atoms with Gasteiger partial charge in [-0.05, 0) is 0 Å². The highest BCUT2D eigenvalue weighted by atomic mass is 16.6. The van der Waals surface area contributed by atoms with Crippen LogP contribution in [-0.4, -0.2) is 128 Å². The van der Waals surface area contributed by atoms with Crippen molar-refractivity contribution in [1.82, 2.24) is 10.6 Å². The molecule has 0 radical (unpaired) electrons. The quantitative estimate of drug-likeness (QED) is 0.127. The Labute approximate surface area is 179 Å². The zero-order chi connectivity index (χ0) is 22.1. The molecule has 0 fully saturated rings. The molecule has 1 unspecified atom stereocenters. The Kier molecular flexibility index (Phi) is 23.7. The topological polar surface area (TPSA) is 137 Å². The number of amides is 1. The summed E-state index contributed by atoms with van der Waals surface area (Å²) in [6.07, 6.45) is -0.501. The fraction of sp³-hybridized carbons (Fsp3) is 0.947. The van der Waals surface area contributed by atoms with Crippen LogP contribution in [0.15, 0.2) is 0 Å². The molecule has 0 bridgehead atoms. The van der Waals surface area contributed by atoms with Gasteiger partial charge in [-0.1, -0.05) is 0 Å². The number of rotatable bonds is 24. The Morgan fingerprint density at radius 3 is 1.70 bits per heavy atom. The summed E-state index contributed by atoms with van der Waals surface area (Å²) in [7, 11) is 1.63. The summed E-state index contributed by atoms with van der Waals surface area (Å²) in [5.41, 5.74) is 0. The number of ether oxygens (including phenoxy) is 6. The van der Waals surface area contributed by atoms with Crippen LogP contribution in [0.25, 0.3) is 0 Å². The van der Waals surface area contributed by atoms with Crippen LogP contribution in [0.3, 0.4) is 0 Å². The van der Waals surface area contributed by atoms with Gasteiger partial charge in [-0.3, -0.25) is 4.79 Å². The van der Waals surface area contributed by atoms with E-state index in [0.717, 1.165) is 0 Å². The molecule has 0 aliphatic heterocycles. The van der Waals surface area contributed by atoms with E-state index in [-0.39, 0.29) is 18.9 Å². The van der Waals surface area contributed by atoms with Gasteiger partial charge in [0, 0.05) is 33.2 Å². The van der Waals surface area contributed by atoms with Crippen molar-refractivity contribution in [3.63, 3.8) is 0 Å². The van der Waals surface area contributed by atoms with Crippen LogP contribution in [-0.2, 0) is 33.2 Å². The molecule has 0 aromatic heterocycles. The van der Waals surface area contributed by atoms with Crippen LogP contribution in [0.5, 0.6) is 0 Å². The van der Waals surface area contributed by atoms with Crippen LogP contribution in [0.1, 0.15) is 6.42 Å². The lowest BCUT2D eigenvalue weighted by Crippen LogP contribution is -2.36. The molecule has 0 spiro atoms. The van der Waals surface area contributed by atoms with Gasteiger partial charge in [-0.25, -0.2) is 0 Å². The number of hydrogen-bond acceptors (Lipinski definition) is 10. The first-order valence-electron chi connectivity index (χ1n) is 10.3. The molecule has 0 aliphatic rings. The van der Waals surface area contributed by atoms with Gasteiger partial charge in [-0.2, -0.15) is 0 Å². The van der Waals surface area contributed by atoms with Crippen molar-refractivity contribution in [2.24, 2.45) is 0 Å². The van der Waals surface area contributed by atoms with E-state index >= 15 is 0 Å². The molecule has 0 rings (SSSR count). The molecule has 4 N–H and O–H groups in total. The highest BCUT2D eigenvalue weighted by Gasteiger charge is 2.02. The third-order valence-electron chi connectivity index (χ3n) is 3.61. The largest absolute Gasteiger partial charge is 0.394 e. The molecular formula is C19H40N2O9. The number of methoxy groups -OCH3 is 1. The normalized spacial score (nSPS) is 12.2. The molecule has 0 saturated heterocycles. The Balaban J connectivity index is 3.14. The van der Waals surface area contributed by atoms with Gasteiger partial charge in [0.15, 0.2) is 0 Å². The SMILES string of the molecule is COCCOCCOCCOCCOCCOCCC(=O)NCCNCC(O)CO. The second-order valence-electron chi connectivity index (χ2n) is 6.20. The van der Waals surface area contributed by atoms with Crippen molar-refractivity contribution in [2.45, 2.75) is 12.5 Å². The van der Waals surface area contributed by atoms with Gasteiger partial charge >= 0.3 is 0 Å². The van der Waals surface area contributed by atoms with Crippen LogP contribution >= 0.6 is 0 Å². The number of carbonyl (C=O) groups excluding carboxylic acids is 1. The van der Waals surface area contributed by atoms with E-state index in [1.54, 1.807) is 7.11 Å². The lowest BCUT2D eigenvalue weighted by atomic mass is 10.4. The molecule has 1 amide bonds. The molecule has 180 valence electrons. The van der Waals surface area contributed by atoms with Gasteiger partial charge in [0.05, 0.1) is 85.4 Å². The molecule has 11 nitrogen and oxygen atoms in total. The van der Waals surface area contributed by atoms with Gasteiger partial charge in [0.1, 0.15) is 0 Å². The molecule has 0 saturated carbocycles. The van der Waals surface area contributed by atoms with E-state index in [4.69, 9.17) is 38.6 Å². The van der Waals surface area contributed by atoms with Crippen molar-refractivity contribution >= 4 is 5.91 Å². The standard InChI is InChI=1S/C19H40N2O9/c1-25-6-7-27-10-11-29-14-15-30-13-12-28-9-8-26-5-2-19(24)21-4-3-20-16-18(23)17-22/h18,20,22-23H,2-17H2,1H3,(H,21,24). The molecule has 0 aromatic carbocycles. The zero-order valence-electron chi connectivity index (χ0n) is 18.1. The van der Waals surface area contributed by atoms with E-state index in [1.165, 1.54) is 0 Å². The Morgan fingerprint density at radius 2 is 1.23 bits per heavy atom. The zero-order valence-corrected chi connectivity index (χ0v) is 18.1. The Hall–Kier alpha value is -0.890. The first kappa shape index (κ1) is 29.1. The highest BCUT2D eigenvalue weighted by Crippen LogP contribution is 1.86. The molecule has 0 heterocycles. The van der Waals surface area contributed by atoms with Crippen molar-refractivity contribution < 1.29 is 43.4 Å². The van der Waals surface area contributed by atoms with Gasteiger partial charge in [-0.15, -0.1) is 0 Å². The number of aliphatic hydroxyl groups is 2. The number of hydrogen-bond donors (Lipinski definition) is 4. The van der Waals surface area contributed by atoms with E-state index in [2.05, 4.69) is 10.6 Å². The maximum Gasteiger partial charge on any atom is 0.222 e. The highest BCUT2D eigenvalue weighted by molar-refractivity contribution is 5.75. The minimum absolute atomic E-state index is 0.0995. The number of aliphatic hydroxyl groups excluding tert-OH is 2. The predicted octanol–water partition coefficient (Wildman–Crippen LogP) is -1.84. The summed E-state index contributed by atoms with van der Waals surface area (Å²) in [5.74, 6) is -0.0995. The number of nitrogens with one attached hydrogen (secondary N) is 2. The Morgan fingerprint density at radius 1 is 0.767 bits per heavy atom. The fourth-order valence-corrected chi connectivity index (χ4v) is 2.00. The molecule has 0 aromatic rings. The van der Waals surface area contributed by atoms with Crippen LogP contribution < -0.4 is 10.6 Å². The lowest BCUT2D eigenvalue weighted by molar-refractivity contribution is -0.122. The predicted molar refractivity (Wildman–Crippen MR) is 110 cm³/mol.